The summed E-state index contributed by atoms with van der Waals surface area (Å²) in [7, 11) is 1.34. The summed E-state index contributed by atoms with van der Waals surface area (Å²) in [4.78, 5) is 23.4. The van der Waals surface area contributed by atoms with Crippen molar-refractivity contribution in [1.29, 1.82) is 0 Å². The predicted molar refractivity (Wildman–Crippen MR) is 86.1 cm³/mol. The summed E-state index contributed by atoms with van der Waals surface area (Å²) in [5.41, 5.74) is 2.86. The molecule has 22 heavy (non-hydrogen) atoms. The van der Waals surface area contributed by atoms with Crippen molar-refractivity contribution in [3.05, 3.63) is 59.7 Å². The quantitative estimate of drug-likeness (QED) is 0.833. The molecule has 2 aromatic rings. The van der Waals surface area contributed by atoms with Gasteiger partial charge in [0.2, 0.25) is 5.91 Å². The number of anilines is 2. The third kappa shape index (κ3) is 4.09. The Morgan fingerprint density at radius 2 is 1.82 bits per heavy atom. The van der Waals surface area contributed by atoms with E-state index < -0.39 is 5.97 Å². The van der Waals surface area contributed by atoms with E-state index in [0.717, 1.165) is 16.9 Å². The number of esters is 1. The maximum atomic E-state index is 11.9. The van der Waals surface area contributed by atoms with Crippen LogP contribution in [-0.2, 0) is 9.53 Å². The molecule has 0 fully saturated rings. The molecule has 2 aromatic carbocycles. The van der Waals surface area contributed by atoms with Crippen LogP contribution in [0.3, 0.4) is 0 Å². The van der Waals surface area contributed by atoms with Crippen LogP contribution in [0.4, 0.5) is 11.4 Å². The maximum Gasteiger partial charge on any atom is 0.337 e. The number of nitrogens with one attached hydrogen (secondary N) is 2. The molecule has 0 saturated heterocycles. The van der Waals surface area contributed by atoms with E-state index in [4.69, 9.17) is 0 Å². The molecule has 5 nitrogen and oxygen atoms in total. The minimum Gasteiger partial charge on any atom is -0.465 e. The van der Waals surface area contributed by atoms with Gasteiger partial charge in [0.15, 0.2) is 0 Å². The van der Waals surface area contributed by atoms with E-state index in [9.17, 15) is 9.59 Å². The van der Waals surface area contributed by atoms with Crippen LogP contribution in [0, 0.1) is 6.92 Å². The van der Waals surface area contributed by atoms with Gasteiger partial charge in [-0.3, -0.25) is 4.79 Å². The van der Waals surface area contributed by atoms with Crippen molar-refractivity contribution in [1.82, 2.24) is 0 Å². The Morgan fingerprint density at radius 3 is 2.50 bits per heavy atom. The lowest BCUT2D eigenvalue weighted by molar-refractivity contribution is -0.114. The molecule has 0 atom stereocenters. The van der Waals surface area contributed by atoms with Gasteiger partial charge in [-0.25, -0.2) is 4.79 Å². The van der Waals surface area contributed by atoms with E-state index in [1.807, 2.05) is 43.3 Å². The van der Waals surface area contributed by atoms with Crippen molar-refractivity contribution in [2.45, 2.75) is 6.92 Å². The highest BCUT2D eigenvalue weighted by Crippen LogP contribution is 2.17. The van der Waals surface area contributed by atoms with Gasteiger partial charge in [-0.1, -0.05) is 24.3 Å². The number of carbonyl (C=O) groups is 2. The van der Waals surface area contributed by atoms with E-state index in [1.54, 1.807) is 12.1 Å². The molecule has 0 aliphatic carbocycles. The van der Waals surface area contributed by atoms with E-state index in [-0.39, 0.29) is 12.5 Å². The van der Waals surface area contributed by atoms with E-state index >= 15 is 0 Å². The molecule has 2 rings (SSSR count). The molecule has 114 valence electrons. The lowest BCUT2D eigenvalue weighted by Crippen LogP contribution is -2.22. The van der Waals surface area contributed by atoms with Crippen molar-refractivity contribution < 1.29 is 14.3 Å². The zero-order valence-corrected chi connectivity index (χ0v) is 12.6. The van der Waals surface area contributed by atoms with Gasteiger partial charge in [0.05, 0.1) is 19.2 Å². The highest BCUT2D eigenvalue weighted by Gasteiger charge is 2.09. The number of ether oxygens (including phenoxy) is 1. The summed E-state index contributed by atoms with van der Waals surface area (Å²) in [5, 5.41) is 5.82. The van der Waals surface area contributed by atoms with Gasteiger partial charge in [-0.2, -0.15) is 0 Å². The van der Waals surface area contributed by atoms with Crippen LogP contribution < -0.4 is 10.6 Å². The largest absolute Gasteiger partial charge is 0.465 e. The number of carbonyl (C=O) groups excluding carboxylic acids is 2. The van der Waals surface area contributed by atoms with E-state index in [0.29, 0.717) is 5.56 Å². The second-order valence-corrected chi connectivity index (χ2v) is 4.79. The molecule has 0 aliphatic rings. The molecular formula is C17H18N2O3. The van der Waals surface area contributed by atoms with Gasteiger partial charge in [0.25, 0.3) is 0 Å². The van der Waals surface area contributed by atoms with Crippen LogP contribution in [0.15, 0.2) is 48.5 Å². The smallest absolute Gasteiger partial charge is 0.337 e. The molecule has 5 heteroatoms. The fourth-order valence-corrected chi connectivity index (χ4v) is 1.96. The fraction of sp³-hybridized carbons (Fsp3) is 0.176. The highest BCUT2D eigenvalue weighted by molar-refractivity contribution is 5.94. The maximum absolute atomic E-state index is 11.9. The van der Waals surface area contributed by atoms with E-state index in [2.05, 4.69) is 15.4 Å². The SMILES string of the molecule is COC(=O)c1ccc(C)c(NCC(=O)Nc2ccccc2)c1. The average Bonchev–Trinajstić information content (AvgIpc) is 2.54. The molecule has 0 spiro atoms. The second-order valence-electron chi connectivity index (χ2n) is 4.79. The van der Waals surface area contributed by atoms with Crippen LogP contribution >= 0.6 is 0 Å². The Kier molecular flexibility index (Phi) is 5.14. The van der Waals surface area contributed by atoms with Gasteiger partial charge in [-0.05, 0) is 36.8 Å². The summed E-state index contributed by atoms with van der Waals surface area (Å²) >= 11 is 0. The fourth-order valence-electron chi connectivity index (χ4n) is 1.96. The molecule has 0 bridgehead atoms. The van der Waals surface area contributed by atoms with Crippen molar-refractivity contribution >= 4 is 23.3 Å². The molecule has 0 saturated carbocycles. The number of para-hydroxylation sites is 1. The first-order valence-electron chi connectivity index (χ1n) is 6.88. The van der Waals surface area contributed by atoms with Crippen LogP contribution in [-0.4, -0.2) is 25.5 Å². The monoisotopic (exact) mass is 298 g/mol. The Balaban J connectivity index is 1.99. The predicted octanol–water partition coefficient (Wildman–Crippen LogP) is 2.83. The van der Waals surface area contributed by atoms with Crippen molar-refractivity contribution in [3.63, 3.8) is 0 Å². The van der Waals surface area contributed by atoms with Crippen LogP contribution in [0.25, 0.3) is 0 Å². The van der Waals surface area contributed by atoms with Crippen LogP contribution in [0.1, 0.15) is 15.9 Å². The first kappa shape index (κ1) is 15.6. The minimum absolute atomic E-state index is 0.111. The molecule has 1 amide bonds. The zero-order chi connectivity index (χ0) is 15.9. The Labute approximate surface area is 129 Å². The third-order valence-corrected chi connectivity index (χ3v) is 3.16. The molecule has 0 unspecified atom stereocenters. The molecule has 2 N–H and O–H groups in total. The van der Waals surface area contributed by atoms with Crippen molar-refractivity contribution in [2.24, 2.45) is 0 Å². The Bertz CT molecular complexity index is 669. The number of amides is 1. The van der Waals surface area contributed by atoms with Crippen molar-refractivity contribution in [3.8, 4) is 0 Å². The van der Waals surface area contributed by atoms with Gasteiger partial charge in [0.1, 0.15) is 0 Å². The minimum atomic E-state index is -0.406. The summed E-state index contributed by atoms with van der Waals surface area (Å²) in [5.74, 6) is -0.564. The van der Waals surface area contributed by atoms with Gasteiger partial charge < -0.3 is 15.4 Å². The Hall–Kier alpha value is -2.82. The number of hydrogen-bond donors (Lipinski definition) is 2. The Morgan fingerprint density at radius 1 is 1.09 bits per heavy atom. The molecule has 0 heterocycles. The van der Waals surface area contributed by atoms with E-state index in [1.165, 1.54) is 7.11 Å². The first-order chi connectivity index (χ1) is 10.6. The number of methoxy groups -OCH3 is 1. The first-order valence-corrected chi connectivity index (χ1v) is 6.88. The van der Waals surface area contributed by atoms with Crippen molar-refractivity contribution in [2.75, 3.05) is 24.3 Å². The lowest BCUT2D eigenvalue weighted by Gasteiger charge is -2.11. The van der Waals surface area contributed by atoms with Crippen LogP contribution in [0.2, 0.25) is 0 Å². The number of rotatable bonds is 5. The average molecular weight is 298 g/mol. The zero-order valence-electron chi connectivity index (χ0n) is 12.6. The topological polar surface area (TPSA) is 67.4 Å². The number of hydrogen-bond acceptors (Lipinski definition) is 4. The number of aryl methyl sites for hydroxylation is 1. The number of benzene rings is 2. The lowest BCUT2D eigenvalue weighted by atomic mass is 10.1. The van der Waals surface area contributed by atoms with Gasteiger partial charge in [-0.15, -0.1) is 0 Å². The molecular weight excluding hydrogens is 280 g/mol. The van der Waals surface area contributed by atoms with Gasteiger partial charge >= 0.3 is 5.97 Å². The standard InChI is InChI=1S/C17H18N2O3/c1-12-8-9-13(17(21)22-2)10-15(12)18-11-16(20)19-14-6-4-3-5-7-14/h3-10,18H,11H2,1-2H3,(H,19,20). The second kappa shape index (κ2) is 7.26. The molecule has 0 radical (unpaired) electrons. The third-order valence-electron chi connectivity index (χ3n) is 3.16. The summed E-state index contributed by atoms with van der Waals surface area (Å²) in [6.07, 6.45) is 0. The van der Waals surface area contributed by atoms with Crippen LogP contribution in [0.5, 0.6) is 0 Å². The van der Waals surface area contributed by atoms with Gasteiger partial charge in [0, 0.05) is 11.4 Å². The molecule has 0 aliphatic heterocycles. The summed E-state index contributed by atoms with van der Waals surface area (Å²) < 4.78 is 4.69. The molecule has 0 aromatic heterocycles. The summed E-state index contributed by atoms with van der Waals surface area (Å²) in [6.45, 7) is 2.01. The highest BCUT2D eigenvalue weighted by atomic mass is 16.5. The summed E-state index contributed by atoms with van der Waals surface area (Å²) in [6, 6.07) is 14.4. The normalized spacial score (nSPS) is 9.91.